The SMILES string of the molecule is COCCN(C)Cc1ccc(CC2CCN(C(=O)c3nccn3C)CC2)cc1. The largest absolute Gasteiger partial charge is 0.383 e. The summed E-state index contributed by atoms with van der Waals surface area (Å²) in [4.78, 5) is 21.0. The molecule has 0 saturated carbocycles. The summed E-state index contributed by atoms with van der Waals surface area (Å²) < 4.78 is 6.93. The summed E-state index contributed by atoms with van der Waals surface area (Å²) in [6.07, 6.45) is 6.69. The fourth-order valence-corrected chi connectivity index (χ4v) is 3.81. The van der Waals surface area contributed by atoms with Crippen LogP contribution < -0.4 is 0 Å². The molecule has 6 heteroatoms. The van der Waals surface area contributed by atoms with Gasteiger partial charge in [-0.15, -0.1) is 0 Å². The Morgan fingerprint density at radius 2 is 1.89 bits per heavy atom. The monoisotopic (exact) mass is 384 g/mol. The fraction of sp³-hybridized carbons (Fsp3) is 0.545. The van der Waals surface area contributed by atoms with Crippen LogP contribution in [0.1, 0.15) is 34.6 Å². The minimum Gasteiger partial charge on any atom is -0.383 e. The molecule has 0 aliphatic carbocycles. The van der Waals surface area contributed by atoms with Gasteiger partial charge in [-0.05, 0) is 43.4 Å². The van der Waals surface area contributed by atoms with Crippen LogP contribution in [0.25, 0.3) is 0 Å². The van der Waals surface area contributed by atoms with E-state index in [0.717, 1.165) is 52.0 Å². The Bertz CT molecular complexity index is 748. The van der Waals surface area contributed by atoms with Crippen molar-refractivity contribution in [3.8, 4) is 0 Å². The van der Waals surface area contributed by atoms with Crippen molar-refractivity contribution in [1.82, 2.24) is 19.4 Å². The van der Waals surface area contributed by atoms with Gasteiger partial charge < -0.3 is 14.2 Å². The van der Waals surface area contributed by atoms with Crippen LogP contribution in [0.15, 0.2) is 36.7 Å². The first kappa shape index (κ1) is 20.6. The predicted octanol–water partition coefficient (Wildman–Crippen LogP) is 2.59. The summed E-state index contributed by atoms with van der Waals surface area (Å²) in [7, 11) is 5.72. The highest BCUT2D eigenvalue weighted by Crippen LogP contribution is 2.23. The fourth-order valence-electron chi connectivity index (χ4n) is 3.81. The number of likely N-dealkylation sites (N-methyl/N-ethyl adjacent to an activating group) is 1. The van der Waals surface area contributed by atoms with Crippen LogP contribution in [0.4, 0.5) is 0 Å². The smallest absolute Gasteiger partial charge is 0.289 e. The van der Waals surface area contributed by atoms with E-state index >= 15 is 0 Å². The van der Waals surface area contributed by atoms with Crippen LogP contribution in [0.5, 0.6) is 0 Å². The Morgan fingerprint density at radius 1 is 1.21 bits per heavy atom. The molecule has 1 amide bonds. The highest BCUT2D eigenvalue weighted by molar-refractivity contribution is 5.90. The van der Waals surface area contributed by atoms with Gasteiger partial charge in [0.2, 0.25) is 0 Å². The quantitative estimate of drug-likeness (QED) is 0.702. The zero-order chi connectivity index (χ0) is 19.9. The third-order valence-electron chi connectivity index (χ3n) is 5.59. The van der Waals surface area contributed by atoms with Crippen LogP contribution in [0.3, 0.4) is 0 Å². The van der Waals surface area contributed by atoms with Gasteiger partial charge >= 0.3 is 0 Å². The Morgan fingerprint density at radius 3 is 2.50 bits per heavy atom. The van der Waals surface area contributed by atoms with Crippen molar-refractivity contribution >= 4 is 5.91 Å². The molecule has 6 nitrogen and oxygen atoms in total. The minimum atomic E-state index is 0.0490. The molecular formula is C22H32N4O2. The summed E-state index contributed by atoms with van der Waals surface area (Å²) in [6, 6.07) is 8.98. The van der Waals surface area contributed by atoms with Crippen LogP contribution in [-0.4, -0.2) is 65.7 Å². The van der Waals surface area contributed by atoms with E-state index in [1.807, 2.05) is 18.1 Å². The number of aryl methyl sites for hydroxylation is 1. The molecule has 2 aromatic rings. The van der Waals surface area contributed by atoms with Gasteiger partial charge in [0.1, 0.15) is 0 Å². The zero-order valence-corrected chi connectivity index (χ0v) is 17.3. The zero-order valence-electron chi connectivity index (χ0n) is 17.3. The van der Waals surface area contributed by atoms with Gasteiger partial charge in [-0.1, -0.05) is 24.3 Å². The molecule has 28 heavy (non-hydrogen) atoms. The molecular weight excluding hydrogens is 352 g/mol. The molecule has 1 fully saturated rings. The molecule has 0 unspecified atom stereocenters. The number of nitrogens with zero attached hydrogens (tertiary/aromatic N) is 4. The van der Waals surface area contributed by atoms with Crippen LogP contribution in [0.2, 0.25) is 0 Å². The third kappa shape index (κ3) is 5.42. The number of carbonyl (C=O) groups is 1. The highest BCUT2D eigenvalue weighted by Gasteiger charge is 2.25. The van der Waals surface area contributed by atoms with Crippen molar-refractivity contribution in [2.45, 2.75) is 25.8 Å². The molecule has 0 atom stereocenters. The second-order valence-corrected chi connectivity index (χ2v) is 7.85. The molecule has 0 spiro atoms. The van der Waals surface area contributed by atoms with E-state index in [1.54, 1.807) is 17.9 Å². The minimum absolute atomic E-state index is 0.0490. The molecule has 1 aliphatic heterocycles. The van der Waals surface area contributed by atoms with Gasteiger partial charge in [0, 0.05) is 52.7 Å². The maximum atomic E-state index is 12.6. The second-order valence-electron chi connectivity index (χ2n) is 7.85. The van der Waals surface area contributed by atoms with Gasteiger partial charge in [0.05, 0.1) is 6.61 Å². The van der Waals surface area contributed by atoms with Crippen LogP contribution in [-0.2, 0) is 24.8 Å². The summed E-state index contributed by atoms with van der Waals surface area (Å²) >= 11 is 0. The van der Waals surface area contributed by atoms with E-state index in [4.69, 9.17) is 4.74 Å². The number of rotatable bonds is 8. The lowest BCUT2D eigenvalue weighted by atomic mass is 9.90. The van der Waals surface area contributed by atoms with Crippen molar-refractivity contribution in [2.24, 2.45) is 13.0 Å². The van der Waals surface area contributed by atoms with Crippen LogP contribution in [0, 0.1) is 5.92 Å². The number of amides is 1. The first-order valence-electron chi connectivity index (χ1n) is 10.1. The van der Waals surface area contributed by atoms with Gasteiger partial charge in [0.15, 0.2) is 5.82 Å². The molecule has 2 heterocycles. The number of methoxy groups -OCH3 is 1. The van der Waals surface area contributed by atoms with Gasteiger partial charge in [-0.25, -0.2) is 4.98 Å². The summed E-state index contributed by atoms with van der Waals surface area (Å²) in [6.45, 7) is 4.28. The molecule has 152 valence electrons. The average Bonchev–Trinajstić information content (AvgIpc) is 3.14. The standard InChI is InChI=1S/C22H32N4O2/c1-24(14-15-28-3)17-20-6-4-18(5-7-20)16-19-8-11-26(12-9-19)22(27)21-23-10-13-25(21)2/h4-7,10,13,19H,8-9,11-12,14-17H2,1-3H3. The number of ether oxygens (including phenoxy) is 1. The predicted molar refractivity (Wildman–Crippen MR) is 110 cm³/mol. The molecule has 0 N–H and O–H groups in total. The Kier molecular flexibility index (Phi) is 7.23. The maximum absolute atomic E-state index is 12.6. The number of piperidine rings is 1. The number of hydrogen-bond donors (Lipinski definition) is 0. The van der Waals surface area contributed by atoms with Gasteiger partial charge in [0.25, 0.3) is 5.91 Å². The number of imidazole rings is 1. The topological polar surface area (TPSA) is 50.6 Å². The van der Waals surface area contributed by atoms with Crippen molar-refractivity contribution < 1.29 is 9.53 Å². The average molecular weight is 385 g/mol. The molecule has 3 rings (SSSR count). The number of carbonyl (C=O) groups excluding carboxylic acids is 1. The number of benzene rings is 1. The van der Waals surface area contributed by atoms with E-state index in [2.05, 4.69) is 41.2 Å². The number of hydrogen-bond acceptors (Lipinski definition) is 4. The first-order chi connectivity index (χ1) is 13.6. The first-order valence-corrected chi connectivity index (χ1v) is 10.1. The van der Waals surface area contributed by atoms with E-state index < -0.39 is 0 Å². The van der Waals surface area contributed by atoms with Gasteiger partial charge in [-0.3, -0.25) is 9.69 Å². The Labute approximate surface area is 168 Å². The molecule has 1 aliphatic rings. The molecule has 1 saturated heterocycles. The normalized spacial score (nSPS) is 15.4. The van der Waals surface area contributed by atoms with Crippen molar-refractivity contribution in [3.63, 3.8) is 0 Å². The van der Waals surface area contributed by atoms with Crippen LogP contribution >= 0.6 is 0 Å². The maximum Gasteiger partial charge on any atom is 0.289 e. The van der Waals surface area contributed by atoms with E-state index in [1.165, 1.54) is 11.1 Å². The number of likely N-dealkylation sites (tertiary alicyclic amines) is 1. The van der Waals surface area contributed by atoms with Crippen molar-refractivity contribution in [1.29, 1.82) is 0 Å². The molecule has 0 bridgehead atoms. The van der Waals surface area contributed by atoms with E-state index in [9.17, 15) is 4.79 Å². The summed E-state index contributed by atoms with van der Waals surface area (Å²) in [5, 5.41) is 0. The van der Waals surface area contributed by atoms with Crippen molar-refractivity contribution in [2.75, 3.05) is 40.4 Å². The third-order valence-corrected chi connectivity index (χ3v) is 5.59. The number of aromatic nitrogens is 2. The Hall–Kier alpha value is -2.18. The molecule has 1 aromatic heterocycles. The lowest BCUT2D eigenvalue weighted by Gasteiger charge is -2.31. The lowest BCUT2D eigenvalue weighted by Crippen LogP contribution is -2.39. The van der Waals surface area contributed by atoms with E-state index in [0.29, 0.717) is 11.7 Å². The van der Waals surface area contributed by atoms with Crippen molar-refractivity contribution in [3.05, 3.63) is 53.6 Å². The van der Waals surface area contributed by atoms with E-state index in [-0.39, 0.29) is 5.91 Å². The van der Waals surface area contributed by atoms with Gasteiger partial charge in [-0.2, -0.15) is 0 Å². The molecule has 0 radical (unpaired) electrons. The Balaban J connectivity index is 1.45. The summed E-state index contributed by atoms with van der Waals surface area (Å²) in [5.74, 6) is 1.22. The second kappa shape index (κ2) is 9.85. The molecule has 1 aromatic carbocycles. The summed E-state index contributed by atoms with van der Waals surface area (Å²) in [5.41, 5.74) is 2.72. The highest BCUT2D eigenvalue weighted by atomic mass is 16.5. The lowest BCUT2D eigenvalue weighted by molar-refractivity contribution is 0.0674.